The van der Waals surface area contributed by atoms with Gasteiger partial charge < -0.3 is 10.0 Å². The molecule has 1 fully saturated rings. The first kappa shape index (κ1) is 16.1. The standard InChI is InChI=1S/C18H16F2N2O2/c19-15-3-1-12(2-4-15)17(14-5-8-21-16(20)11-14)13-6-9-22(10-7-13)18(23)24/h1-5,8,11H,6-7,9-10H2,(H,23,24). The fourth-order valence-electron chi connectivity index (χ4n) is 2.97. The number of piperidine rings is 1. The Morgan fingerprint density at radius 3 is 2.29 bits per heavy atom. The lowest BCUT2D eigenvalue weighted by Gasteiger charge is -2.28. The average molecular weight is 330 g/mol. The Hall–Kier alpha value is -2.76. The van der Waals surface area contributed by atoms with Crippen LogP contribution in [0.2, 0.25) is 0 Å². The van der Waals surface area contributed by atoms with E-state index in [1.165, 1.54) is 29.3 Å². The number of hydrogen-bond donors (Lipinski definition) is 1. The molecule has 1 N–H and O–H groups in total. The number of pyridine rings is 1. The van der Waals surface area contributed by atoms with E-state index < -0.39 is 12.0 Å². The van der Waals surface area contributed by atoms with Crippen molar-refractivity contribution >= 4 is 11.7 Å². The van der Waals surface area contributed by atoms with Crippen molar-refractivity contribution in [2.45, 2.75) is 12.8 Å². The van der Waals surface area contributed by atoms with Crippen molar-refractivity contribution < 1.29 is 18.7 Å². The number of hydrogen-bond acceptors (Lipinski definition) is 2. The lowest BCUT2D eigenvalue weighted by molar-refractivity contribution is 0.142. The van der Waals surface area contributed by atoms with Gasteiger partial charge in [-0.2, -0.15) is 4.39 Å². The first-order valence-electron chi connectivity index (χ1n) is 7.62. The molecule has 2 aromatic rings. The summed E-state index contributed by atoms with van der Waals surface area (Å²) >= 11 is 0. The molecule has 2 heterocycles. The number of rotatable bonds is 2. The lowest BCUT2D eigenvalue weighted by Crippen LogP contribution is -2.35. The van der Waals surface area contributed by atoms with Crippen LogP contribution in [0.3, 0.4) is 0 Å². The maximum absolute atomic E-state index is 13.6. The second-order valence-electron chi connectivity index (χ2n) is 5.62. The zero-order valence-corrected chi connectivity index (χ0v) is 12.9. The van der Waals surface area contributed by atoms with E-state index in [1.54, 1.807) is 18.2 Å². The Bertz CT molecular complexity index is 778. The predicted octanol–water partition coefficient (Wildman–Crippen LogP) is 3.94. The number of likely N-dealkylation sites (tertiary alicyclic amines) is 1. The van der Waals surface area contributed by atoms with Gasteiger partial charge in [0.1, 0.15) is 5.82 Å². The molecule has 6 heteroatoms. The van der Waals surface area contributed by atoms with Gasteiger partial charge in [0.25, 0.3) is 0 Å². The first-order chi connectivity index (χ1) is 11.5. The number of benzene rings is 1. The second-order valence-corrected chi connectivity index (χ2v) is 5.62. The molecule has 124 valence electrons. The van der Waals surface area contributed by atoms with E-state index in [4.69, 9.17) is 5.11 Å². The summed E-state index contributed by atoms with van der Waals surface area (Å²) in [6.45, 7) is 0.784. The van der Waals surface area contributed by atoms with E-state index in [9.17, 15) is 13.6 Å². The number of amides is 1. The van der Waals surface area contributed by atoms with Gasteiger partial charge in [-0.25, -0.2) is 14.2 Å². The van der Waals surface area contributed by atoms with Crippen molar-refractivity contribution in [1.82, 2.24) is 9.88 Å². The van der Waals surface area contributed by atoms with E-state index in [-0.39, 0.29) is 5.82 Å². The van der Waals surface area contributed by atoms with E-state index in [2.05, 4.69) is 4.98 Å². The Morgan fingerprint density at radius 1 is 1.04 bits per heavy atom. The Balaban J connectivity index is 2.04. The van der Waals surface area contributed by atoms with Gasteiger partial charge in [0.2, 0.25) is 5.95 Å². The third kappa shape index (κ3) is 3.42. The van der Waals surface area contributed by atoms with Crippen LogP contribution < -0.4 is 0 Å². The maximum Gasteiger partial charge on any atom is 0.407 e. The largest absolute Gasteiger partial charge is 0.465 e. The van der Waals surface area contributed by atoms with Gasteiger partial charge in [-0.1, -0.05) is 17.7 Å². The van der Waals surface area contributed by atoms with Crippen LogP contribution >= 0.6 is 0 Å². The minimum Gasteiger partial charge on any atom is -0.465 e. The monoisotopic (exact) mass is 330 g/mol. The molecule has 1 aliphatic rings. The zero-order valence-electron chi connectivity index (χ0n) is 12.9. The van der Waals surface area contributed by atoms with Crippen LogP contribution in [0.15, 0.2) is 48.2 Å². The minimum absolute atomic E-state index is 0.343. The summed E-state index contributed by atoms with van der Waals surface area (Å²) < 4.78 is 26.8. The van der Waals surface area contributed by atoms with E-state index in [1.807, 2.05) is 0 Å². The van der Waals surface area contributed by atoms with Gasteiger partial charge >= 0.3 is 6.09 Å². The molecule has 1 amide bonds. The van der Waals surface area contributed by atoms with Crippen LogP contribution in [0.4, 0.5) is 13.6 Å². The third-order valence-electron chi connectivity index (χ3n) is 4.14. The van der Waals surface area contributed by atoms with Gasteiger partial charge in [0, 0.05) is 25.4 Å². The predicted molar refractivity (Wildman–Crippen MR) is 85.4 cm³/mol. The number of nitrogens with zero attached hydrogens (tertiary/aromatic N) is 2. The van der Waals surface area contributed by atoms with Gasteiger partial charge in [-0.05, 0) is 47.7 Å². The van der Waals surface area contributed by atoms with Crippen LogP contribution in [0.25, 0.3) is 5.57 Å². The number of carboxylic acid groups (broad SMARTS) is 1. The molecular weight excluding hydrogens is 314 g/mol. The highest BCUT2D eigenvalue weighted by molar-refractivity contribution is 5.82. The summed E-state index contributed by atoms with van der Waals surface area (Å²) in [6.07, 6.45) is 1.57. The Kier molecular flexibility index (Phi) is 4.55. The molecule has 0 saturated carbocycles. The normalized spacial score (nSPS) is 14.6. The maximum atomic E-state index is 13.6. The Labute approximate surface area is 138 Å². The van der Waals surface area contributed by atoms with Crippen LogP contribution in [-0.2, 0) is 0 Å². The topological polar surface area (TPSA) is 53.4 Å². The van der Waals surface area contributed by atoms with Crippen LogP contribution in [0, 0.1) is 11.8 Å². The average Bonchev–Trinajstić information content (AvgIpc) is 2.57. The zero-order chi connectivity index (χ0) is 17.1. The molecule has 1 aliphatic heterocycles. The summed E-state index contributed by atoms with van der Waals surface area (Å²) in [5, 5.41) is 9.07. The van der Waals surface area contributed by atoms with Crippen molar-refractivity contribution in [2.75, 3.05) is 13.1 Å². The van der Waals surface area contributed by atoms with E-state index in [0.29, 0.717) is 31.5 Å². The Morgan fingerprint density at radius 2 is 1.71 bits per heavy atom. The molecule has 1 aromatic carbocycles. The summed E-state index contributed by atoms with van der Waals surface area (Å²) in [6, 6.07) is 9.08. The molecule has 0 spiro atoms. The summed E-state index contributed by atoms with van der Waals surface area (Å²) in [5.74, 6) is -0.930. The molecule has 0 unspecified atom stereocenters. The SMILES string of the molecule is O=C(O)N1CCC(=C(c2ccc(F)cc2)c2ccnc(F)c2)CC1. The molecule has 0 bridgehead atoms. The fourth-order valence-corrected chi connectivity index (χ4v) is 2.97. The smallest absolute Gasteiger partial charge is 0.407 e. The molecule has 1 aromatic heterocycles. The van der Waals surface area contributed by atoms with Crippen molar-refractivity contribution in [2.24, 2.45) is 0 Å². The number of aromatic nitrogens is 1. The lowest BCUT2D eigenvalue weighted by atomic mass is 9.89. The van der Waals surface area contributed by atoms with Crippen LogP contribution in [0.5, 0.6) is 0 Å². The van der Waals surface area contributed by atoms with Crippen molar-refractivity contribution in [3.63, 3.8) is 0 Å². The summed E-state index contributed by atoms with van der Waals surface area (Å²) in [4.78, 5) is 16.0. The fraction of sp³-hybridized carbons (Fsp3) is 0.222. The first-order valence-corrected chi connectivity index (χ1v) is 7.62. The van der Waals surface area contributed by atoms with Crippen LogP contribution in [0.1, 0.15) is 24.0 Å². The van der Waals surface area contributed by atoms with Crippen LogP contribution in [-0.4, -0.2) is 34.2 Å². The summed E-state index contributed by atoms with van der Waals surface area (Å²) in [7, 11) is 0. The van der Waals surface area contributed by atoms with Gasteiger partial charge in [-0.3, -0.25) is 0 Å². The van der Waals surface area contributed by atoms with E-state index in [0.717, 1.165) is 16.7 Å². The van der Waals surface area contributed by atoms with Crippen molar-refractivity contribution in [3.8, 4) is 0 Å². The van der Waals surface area contributed by atoms with Crippen molar-refractivity contribution in [3.05, 3.63) is 71.1 Å². The molecule has 3 rings (SSSR count). The highest BCUT2D eigenvalue weighted by Gasteiger charge is 2.22. The van der Waals surface area contributed by atoms with Gasteiger partial charge in [0.15, 0.2) is 0 Å². The highest BCUT2D eigenvalue weighted by atomic mass is 19.1. The molecular formula is C18H16F2N2O2. The van der Waals surface area contributed by atoms with Crippen molar-refractivity contribution in [1.29, 1.82) is 0 Å². The quantitative estimate of drug-likeness (QED) is 0.849. The minimum atomic E-state index is -0.938. The molecule has 0 aliphatic carbocycles. The number of carbonyl (C=O) groups is 1. The third-order valence-corrected chi connectivity index (χ3v) is 4.14. The molecule has 1 saturated heterocycles. The molecule has 0 radical (unpaired) electrons. The molecule has 24 heavy (non-hydrogen) atoms. The molecule has 0 atom stereocenters. The van der Waals surface area contributed by atoms with Gasteiger partial charge in [0.05, 0.1) is 0 Å². The molecule has 4 nitrogen and oxygen atoms in total. The second kappa shape index (κ2) is 6.78. The number of halogens is 2. The van der Waals surface area contributed by atoms with E-state index >= 15 is 0 Å². The van der Waals surface area contributed by atoms with Gasteiger partial charge in [-0.15, -0.1) is 0 Å². The highest BCUT2D eigenvalue weighted by Crippen LogP contribution is 2.32. The summed E-state index contributed by atoms with van der Waals surface area (Å²) in [5.41, 5.74) is 3.29.